The highest BCUT2D eigenvalue weighted by Crippen LogP contribution is 2.37. The van der Waals surface area contributed by atoms with Crippen LogP contribution in [0.5, 0.6) is 11.6 Å². The summed E-state index contributed by atoms with van der Waals surface area (Å²) in [6, 6.07) is 10.8. The van der Waals surface area contributed by atoms with Gasteiger partial charge in [0.2, 0.25) is 5.88 Å². The second-order valence-corrected chi connectivity index (χ2v) is 5.22. The van der Waals surface area contributed by atoms with Gasteiger partial charge in [-0.15, -0.1) is 0 Å². The van der Waals surface area contributed by atoms with E-state index in [0.717, 1.165) is 18.3 Å². The second-order valence-electron chi connectivity index (χ2n) is 5.22. The first-order valence-corrected chi connectivity index (χ1v) is 7.40. The van der Waals surface area contributed by atoms with E-state index in [1.807, 2.05) is 0 Å². The van der Waals surface area contributed by atoms with E-state index in [1.165, 1.54) is 24.4 Å². The van der Waals surface area contributed by atoms with Crippen molar-refractivity contribution in [1.82, 2.24) is 9.97 Å². The van der Waals surface area contributed by atoms with Crippen LogP contribution in [0.1, 0.15) is 17.7 Å². The summed E-state index contributed by atoms with van der Waals surface area (Å²) in [6.45, 7) is 0. The number of alkyl halides is 5. The summed E-state index contributed by atoms with van der Waals surface area (Å²) in [6.07, 6.45) is -4.97. The van der Waals surface area contributed by atoms with Crippen LogP contribution in [-0.2, 0) is 6.18 Å². The Morgan fingerprint density at radius 1 is 0.846 bits per heavy atom. The first-order chi connectivity index (χ1) is 12.4. The molecule has 0 saturated carbocycles. The number of hydrogen-bond donors (Lipinski definition) is 0. The van der Waals surface area contributed by atoms with E-state index in [0.29, 0.717) is 5.56 Å². The van der Waals surface area contributed by atoms with Gasteiger partial charge in [0.15, 0.2) is 0 Å². The van der Waals surface area contributed by atoms with Crippen molar-refractivity contribution >= 4 is 0 Å². The van der Waals surface area contributed by atoms with Crippen LogP contribution in [0.3, 0.4) is 0 Å². The topological polar surface area (TPSA) is 35.0 Å². The van der Waals surface area contributed by atoms with Gasteiger partial charge >= 0.3 is 6.18 Å². The van der Waals surface area contributed by atoms with Crippen molar-refractivity contribution in [1.29, 1.82) is 0 Å². The van der Waals surface area contributed by atoms with Crippen LogP contribution in [0.15, 0.2) is 60.9 Å². The molecule has 0 spiro atoms. The van der Waals surface area contributed by atoms with Crippen LogP contribution in [0.4, 0.5) is 22.0 Å². The average Bonchev–Trinajstić information content (AvgIpc) is 2.62. The molecule has 0 saturated heterocycles. The summed E-state index contributed by atoms with van der Waals surface area (Å²) < 4.78 is 69.7. The molecule has 3 aromatic rings. The minimum Gasteiger partial charge on any atom is -0.437 e. The Balaban J connectivity index is 1.96. The van der Waals surface area contributed by atoms with Crippen LogP contribution in [-0.4, -0.2) is 9.97 Å². The molecule has 0 unspecified atom stereocenters. The van der Waals surface area contributed by atoms with E-state index in [-0.39, 0.29) is 22.8 Å². The lowest BCUT2D eigenvalue weighted by atomic mass is 10.0. The van der Waals surface area contributed by atoms with Gasteiger partial charge in [-0.2, -0.15) is 13.2 Å². The lowest BCUT2D eigenvalue weighted by Gasteiger charge is -2.13. The zero-order chi connectivity index (χ0) is 18.7. The monoisotopic (exact) mass is 366 g/mol. The number of benzene rings is 1. The van der Waals surface area contributed by atoms with Crippen molar-refractivity contribution in [3.05, 3.63) is 72.2 Å². The minimum atomic E-state index is -4.56. The number of rotatable bonds is 4. The van der Waals surface area contributed by atoms with Crippen molar-refractivity contribution < 1.29 is 26.7 Å². The summed E-state index contributed by atoms with van der Waals surface area (Å²) in [5.41, 5.74) is -0.737. The fraction of sp³-hybridized carbons (Fsp3) is 0.111. The van der Waals surface area contributed by atoms with Gasteiger partial charge in [0.25, 0.3) is 6.43 Å². The summed E-state index contributed by atoms with van der Waals surface area (Å²) >= 11 is 0. The molecule has 2 aromatic heterocycles. The van der Waals surface area contributed by atoms with Crippen LogP contribution >= 0.6 is 0 Å². The maximum absolute atomic E-state index is 13.3. The molecule has 3 rings (SSSR count). The van der Waals surface area contributed by atoms with E-state index in [1.54, 1.807) is 18.2 Å². The molecule has 3 nitrogen and oxygen atoms in total. The van der Waals surface area contributed by atoms with Crippen LogP contribution in [0.2, 0.25) is 0 Å². The molecule has 2 heterocycles. The van der Waals surface area contributed by atoms with E-state index >= 15 is 0 Å². The van der Waals surface area contributed by atoms with Crippen LogP contribution in [0, 0.1) is 0 Å². The maximum Gasteiger partial charge on any atom is 0.433 e. The van der Waals surface area contributed by atoms with Crippen molar-refractivity contribution in [3.8, 4) is 22.8 Å². The van der Waals surface area contributed by atoms with Crippen molar-refractivity contribution in [2.24, 2.45) is 0 Å². The third-order valence-corrected chi connectivity index (χ3v) is 3.50. The molecule has 1 aromatic carbocycles. The number of halogens is 5. The first kappa shape index (κ1) is 17.8. The first-order valence-electron chi connectivity index (χ1n) is 7.40. The summed E-state index contributed by atoms with van der Waals surface area (Å²) in [5.74, 6) is -0.00497. The second kappa shape index (κ2) is 7.07. The minimum absolute atomic E-state index is 0.00692. The Labute approximate surface area is 145 Å². The van der Waals surface area contributed by atoms with Crippen molar-refractivity contribution in [2.45, 2.75) is 12.6 Å². The normalized spacial score (nSPS) is 11.6. The quantitative estimate of drug-likeness (QED) is 0.540. The van der Waals surface area contributed by atoms with Gasteiger partial charge < -0.3 is 4.74 Å². The van der Waals surface area contributed by atoms with Gasteiger partial charge in [0.1, 0.15) is 11.4 Å². The molecule has 0 N–H and O–H groups in total. The van der Waals surface area contributed by atoms with Crippen molar-refractivity contribution in [3.63, 3.8) is 0 Å². The molecule has 0 amide bonds. The Kier molecular flexibility index (Phi) is 4.83. The highest BCUT2D eigenvalue weighted by Gasteiger charge is 2.32. The Hall–Kier alpha value is -3.03. The van der Waals surface area contributed by atoms with Gasteiger partial charge in [-0.05, 0) is 29.8 Å². The molecule has 0 aliphatic carbocycles. The number of aromatic nitrogens is 2. The highest BCUT2D eigenvalue weighted by atomic mass is 19.4. The summed E-state index contributed by atoms with van der Waals surface area (Å²) in [5, 5.41) is 0. The van der Waals surface area contributed by atoms with E-state index in [9.17, 15) is 22.0 Å². The Bertz CT molecular complexity index is 895. The predicted molar refractivity (Wildman–Crippen MR) is 83.9 cm³/mol. The fourth-order valence-electron chi connectivity index (χ4n) is 2.33. The molecule has 0 atom stereocenters. The van der Waals surface area contributed by atoms with E-state index in [2.05, 4.69) is 9.97 Å². The third-order valence-electron chi connectivity index (χ3n) is 3.50. The van der Waals surface area contributed by atoms with Crippen molar-refractivity contribution in [2.75, 3.05) is 0 Å². The SMILES string of the molecule is FC(F)c1ccccc1-c1cccnc1Oc1ccc(C(F)(F)F)nc1. The smallest absolute Gasteiger partial charge is 0.433 e. The Morgan fingerprint density at radius 2 is 1.58 bits per heavy atom. The Morgan fingerprint density at radius 3 is 2.23 bits per heavy atom. The number of nitrogens with zero attached hydrogens (tertiary/aromatic N) is 2. The third kappa shape index (κ3) is 3.79. The molecule has 26 heavy (non-hydrogen) atoms. The van der Waals surface area contributed by atoms with Gasteiger partial charge in [-0.25, -0.2) is 18.7 Å². The molecule has 0 aliphatic rings. The number of ether oxygens (including phenoxy) is 1. The number of pyridine rings is 2. The van der Waals surface area contributed by atoms with Gasteiger partial charge in [0, 0.05) is 17.3 Å². The summed E-state index contributed by atoms with van der Waals surface area (Å²) in [4.78, 5) is 7.30. The van der Waals surface area contributed by atoms with Gasteiger partial charge in [-0.1, -0.05) is 24.3 Å². The number of hydrogen-bond acceptors (Lipinski definition) is 3. The maximum atomic E-state index is 13.3. The van der Waals surface area contributed by atoms with Gasteiger partial charge in [-0.3, -0.25) is 0 Å². The molecule has 0 bridgehead atoms. The lowest BCUT2D eigenvalue weighted by molar-refractivity contribution is -0.141. The van der Waals surface area contributed by atoms with Crippen LogP contribution in [0.25, 0.3) is 11.1 Å². The molecule has 0 aliphatic heterocycles. The molecule has 0 radical (unpaired) electrons. The fourth-order valence-corrected chi connectivity index (χ4v) is 2.33. The molecular formula is C18H11F5N2O. The largest absolute Gasteiger partial charge is 0.437 e. The van der Waals surface area contributed by atoms with Crippen LogP contribution < -0.4 is 4.74 Å². The lowest BCUT2D eigenvalue weighted by Crippen LogP contribution is -2.07. The average molecular weight is 366 g/mol. The molecule has 8 heteroatoms. The predicted octanol–water partition coefficient (Wildman–Crippen LogP) is 5.89. The van der Waals surface area contributed by atoms with E-state index in [4.69, 9.17) is 4.74 Å². The zero-order valence-electron chi connectivity index (χ0n) is 13.0. The molecule has 0 fully saturated rings. The van der Waals surface area contributed by atoms with Gasteiger partial charge in [0.05, 0.1) is 6.20 Å². The molecule has 134 valence electrons. The summed E-state index contributed by atoms with van der Waals surface area (Å²) in [7, 11) is 0. The zero-order valence-corrected chi connectivity index (χ0v) is 13.0. The van der Waals surface area contributed by atoms with E-state index < -0.39 is 18.3 Å². The standard InChI is InChI=1S/C18H11F5N2O/c19-16(20)13-5-2-1-4-12(13)14-6-3-9-24-17(14)26-11-7-8-15(25-10-11)18(21,22)23/h1-10,16H. The highest BCUT2D eigenvalue weighted by molar-refractivity contribution is 5.72. The molecular weight excluding hydrogens is 355 g/mol.